The summed E-state index contributed by atoms with van der Waals surface area (Å²) < 4.78 is 12.0. The van der Waals surface area contributed by atoms with Crippen molar-refractivity contribution >= 4 is 5.69 Å². The molecule has 0 bridgehead atoms. The predicted molar refractivity (Wildman–Crippen MR) is 109 cm³/mol. The fourth-order valence-corrected chi connectivity index (χ4v) is 3.73. The van der Waals surface area contributed by atoms with Crippen molar-refractivity contribution < 1.29 is 44.1 Å². The largest absolute Gasteiger partial charge is 1.00 e. The Hall–Kier alpha value is -1.30. The fourth-order valence-electron chi connectivity index (χ4n) is 3.73. The van der Waals surface area contributed by atoms with Gasteiger partial charge in [-0.1, -0.05) is 42.8 Å². The first-order valence-electron chi connectivity index (χ1n) is 10.3. The first-order valence-corrected chi connectivity index (χ1v) is 10.3. The minimum atomic E-state index is 0. The third-order valence-corrected chi connectivity index (χ3v) is 5.39. The van der Waals surface area contributed by atoms with Gasteiger partial charge in [0.1, 0.15) is 56.9 Å². The van der Waals surface area contributed by atoms with E-state index in [-0.39, 0.29) is 24.8 Å². The zero-order valence-electron chi connectivity index (χ0n) is 17.5. The number of piperazine rings is 1. The predicted octanol–water partition coefficient (Wildman–Crippen LogP) is -4.71. The van der Waals surface area contributed by atoms with Gasteiger partial charge in [-0.25, -0.2) is 0 Å². The summed E-state index contributed by atoms with van der Waals surface area (Å²) in [4.78, 5) is 3.20. The molecule has 0 amide bonds. The standard InChI is InChI=1S/C23H32N2O2.2ClH/c1-3-17-26-18-22(19-27-23-11-9-20(2)10-12-23)25-15-13-24(14-16-25)21-7-5-4-6-8-21;;/h4-12,22H,3,13-19H2,1-2H3;2*1H. The lowest BCUT2D eigenvalue weighted by atomic mass is 10.2. The van der Waals surface area contributed by atoms with Crippen LogP contribution >= 0.6 is 0 Å². The van der Waals surface area contributed by atoms with Crippen molar-refractivity contribution in [2.75, 3.05) is 46.0 Å². The molecule has 1 unspecified atom stereocenters. The molecule has 1 aliphatic rings. The number of benzene rings is 2. The zero-order chi connectivity index (χ0) is 18.9. The van der Waals surface area contributed by atoms with E-state index < -0.39 is 0 Å². The summed E-state index contributed by atoms with van der Waals surface area (Å²) in [6.45, 7) is 11.2. The average molecular weight is 441 g/mol. The highest BCUT2D eigenvalue weighted by atomic mass is 35.5. The normalized spacial score (nSPS) is 19.5. The number of halogens is 2. The van der Waals surface area contributed by atoms with E-state index in [9.17, 15) is 0 Å². The first-order chi connectivity index (χ1) is 13.3. The third kappa shape index (κ3) is 8.15. The van der Waals surface area contributed by atoms with E-state index in [4.69, 9.17) is 9.47 Å². The van der Waals surface area contributed by atoms with Crippen LogP contribution in [0.4, 0.5) is 5.69 Å². The van der Waals surface area contributed by atoms with Crippen molar-refractivity contribution in [3.05, 3.63) is 60.2 Å². The molecule has 1 fully saturated rings. The number of quaternary nitrogens is 2. The molecular weight excluding hydrogens is 407 g/mol. The van der Waals surface area contributed by atoms with Gasteiger partial charge in [-0.15, -0.1) is 0 Å². The third-order valence-electron chi connectivity index (χ3n) is 5.39. The van der Waals surface area contributed by atoms with Crippen LogP contribution in [-0.2, 0) is 4.74 Å². The van der Waals surface area contributed by atoms with Crippen molar-refractivity contribution in [1.29, 1.82) is 0 Å². The lowest BCUT2D eigenvalue weighted by Crippen LogP contribution is -3.28. The summed E-state index contributed by atoms with van der Waals surface area (Å²) in [6, 6.07) is 19.6. The number of rotatable bonds is 9. The number of hydrogen-bond donors (Lipinski definition) is 2. The van der Waals surface area contributed by atoms with Crippen molar-refractivity contribution in [2.45, 2.75) is 26.3 Å². The fraction of sp³-hybridized carbons (Fsp3) is 0.478. The molecule has 162 valence electrons. The Balaban J connectivity index is 0.00000210. The molecule has 0 radical (unpaired) electrons. The van der Waals surface area contributed by atoms with Crippen LogP contribution in [0.5, 0.6) is 5.75 Å². The van der Waals surface area contributed by atoms with Crippen LogP contribution in [0.2, 0.25) is 0 Å². The molecule has 4 nitrogen and oxygen atoms in total. The van der Waals surface area contributed by atoms with Gasteiger partial charge in [-0.05, 0) is 37.6 Å². The average Bonchev–Trinajstić information content (AvgIpc) is 2.73. The molecule has 1 aliphatic heterocycles. The maximum atomic E-state index is 6.11. The smallest absolute Gasteiger partial charge is 0.146 e. The van der Waals surface area contributed by atoms with Crippen molar-refractivity contribution in [2.24, 2.45) is 0 Å². The quantitative estimate of drug-likeness (QED) is 0.383. The molecule has 1 atom stereocenters. The minimum Gasteiger partial charge on any atom is -1.00 e. The summed E-state index contributed by atoms with van der Waals surface area (Å²) >= 11 is 0. The zero-order valence-corrected chi connectivity index (χ0v) is 19.0. The molecule has 0 aromatic heterocycles. The van der Waals surface area contributed by atoms with Crippen LogP contribution in [0, 0.1) is 6.92 Å². The van der Waals surface area contributed by atoms with E-state index in [2.05, 4.69) is 68.4 Å². The van der Waals surface area contributed by atoms with E-state index in [0.29, 0.717) is 12.6 Å². The van der Waals surface area contributed by atoms with E-state index in [0.717, 1.165) is 51.6 Å². The SMILES string of the molecule is CCCOCC(COc1ccc(C)cc1)[NH+]1CC[NH+](c2ccccc2)CC1.[Cl-].[Cl-]. The summed E-state index contributed by atoms with van der Waals surface area (Å²) in [5.41, 5.74) is 2.67. The van der Waals surface area contributed by atoms with Crippen molar-refractivity contribution in [3.63, 3.8) is 0 Å². The lowest BCUT2D eigenvalue weighted by Gasteiger charge is -2.34. The Labute approximate surface area is 188 Å². The van der Waals surface area contributed by atoms with Crippen LogP contribution in [-0.4, -0.2) is 52.0 Å². The van der Waals surface area contributed by atoms with Gasteiger partial charge in [0.15, 0.2) is 0 Å². The maximum Gasteiger partial charge on any atom is 0.146 e. The van der Waals surface area contributed by atoms with Gasteiger partial charge in [-0.2, -0.15) is 0 Å². The van der Waals surface area contributed by atoms with Gasteiger partial charge < -0.3 is 39.2 Å². The Morgan fingerprint density at radius 2 is 1.52 bits per heavy atom. The molecule has 3 rings (SSSR count). The molecule has 2 aromatic rings. The summed E-state index contributed by atoms with van der Waals surface area (Å²) in [5.74, 6) is 0.953. The van der Waals surface area contributed by atoms with E-state index >= 15 is 0 Å². The molecule has 1 heterocycles. The molecule has 29 heavy (non-hydrogen) atoms. The van der Waals surface area contributed by atoms with Crippen molar-refractivity contribution in [1.82, 2.24) is 0 Å². The molecule has 6 heteroatoms. The second-order valence-corrected chi connectivity index (χ2v) is 7.52. The second kappa shape index (κ2) is 13.8. The number of hydrogen-bond acceptors (Lipinski definition) is 2. The molecule has 2 N–H and O–H groups in total. The molecule has 2 aromatic carbocycles. The van der Waals surface area contributed by atoms with Gasteiger partial charge in [0, 0.05) is 6.61 Å². The van der Waals surface area contributed by atoms with Crippen LogP contribution in [0.3, 0.4) is 0 Å². The lowest BCUT2D eigenvalue weighted by molar-refractivity contribution is -1.00. The number of aryl methyl sites for hydroxylation is 1. The molecule has 0 aliphatic carbocycles. The molecule has 0 saturated carbocycles. The van der Waals surface area contributed by atoms with E-state index in [1.165, 1.54) is 11.3 Å². The highest BCUT2D eigenvalue weighted by molar-refractivity contribution is 5.28. The van der Waals surface area contributed by atoms with Crippen LogP contribution in [0.15, 0.2) is 54.6 Å². The van der Waals surface area contributed by atoms with Crippen LogP contribution in [0.1, 0.15) is 18.9 Å². The van der Waals surface area contributed by atoms with E-state index in [1.807, 2.05) is 0 Å². The maximum absolute atomic E-state index is 6.11. The van der Waals surface area contributed by atoms with Crippen LogP contribution < -0.4 is 39.4 Å². The second-order valence-electron chi connectivity index (χ2n) is 7.52. The Morgan fingerprint density at radius 3 is 2.14 bits per heavy atom. The van der Waals surface area contributed by atoms with Gasteiger partial charge in [0.2, 0.25) is 0 Å². The van der Waals surface area contributed by atoms with Gasteiger partial charge >= 0.3 is 0 Å². The Bertz CT molecular complexity index is 662. The van der Waals surface area contributed by atoms with E-state index in [1.54, 1.807) is 9.80 Å². The molecule has 1 saturated heterocycles. The van der Waals surface area contributed by atoms with Crippen LogP contribution in [0.25, 0.3) is 0 Å². The summed E-state index contributed by atoms with van der Waals surface area (Å²) in [7, 11) is 0. The number of nitrogens with one attached hydrogen (secondary N) is 2. The minimum absolute atomic E-state index is 0. The Kier molecular flexibility index (Phi) is 12.3. The Morgan fingerprint density at radius 1 is 0.862 bits per heavy atom. The summed E-state index contributed by atoms with van der Waals surface area (Å²) in [6.07, 6.45) is 1.06. The number of ether oxygens (including phenoxy) is 2. The molecule has 0 spiro atoms. The monoisotopic (exact) mass is 440 g/mol. The van der Waals surface area contributed by atoms with Gasteiger partial charge in [0.05, 0.1) is 0 Å². The number of para-hydroxylation sites is 1. The van der Waals surface area contributed by atoms with Gasteiger partial charge in [-0.3, -0.25) is 4.90 Å². The van der Waals surface area contributed by atoms with Gasteiger partial charge in [0.25, 0.3) is 0 Å². The topological polar surface area (TPSA) is 27.3 Å². The molecular formula is C23H34Cl2N2O2. The first kappa shape index (κ1) is 25.7. The summed E-state index contributed by atoms with van der Waals surface area (Å²) in [5, 5.41) is 0. The highest BCUT2D eigenvalue weighted by Crippen LogP contribution is 2.11. The highest BCUT2D eigenvalue weighted by Gasteiger charge is 2.31. The van der Waals surface area contributed by atoms with Crippen molar-refractivity contribution in [3.8, 4) is 5.75 Å².